The molecular formula is C9H7FO2S. The van der Waals surface area contributed by atoms with E-state index in [4.69, 9.17) is 0 Å². The standard InChI is InChI=1S/C9H7FO2S/c1-8-2-4-9(5-3-8)13(11,12)7-6-10/h2-5H,1H3. The highest BCUT2D eigenvalue weighted by Crippen LogP contribution is 2.10. The molecule has 0 aliphatic heterocycles. The highest BCUT2D eigenvalue weighted by molar-refractivity contribution is 7.96. The van der Waals surface area contributed by atoms with Crippen molar-refractivity contribution in [1.82, 2.24) is 0 Å². The van der Waals surface area contributed by atoms with E-state index in [-0.39, 0.29) is 4.90 Å². The molecule has 2 nitrogen and oxygen atoms in total. The minimum atomic E-state index is -3.76. The Balaban J connectivity index is 3.22. The third-order valence-electron chi connectivity index (χ3n) is 1.50. The molecular weight excluding hydrogens is 191 g/mol. The van der Waals surface area contributed by atoms with E-state index in [0.29, 0.717) is 0 Å². The van der Waals surface area contributed by atoms with Crippen LogP contribution in [0.3, 0.4) is 0 Å². The van der Waals surface area contributed by atoms with E-state index in [1.165, 1.54) is 17.4 Å². The summed E-state index contributed by atoms with van der Waals surface area (Å²) in [4.78, 5) is 0.0169. The van der Waals surface area contributed by atoms with Crippen molar-refractivity contribution in [1.29, 1.82) is 0 Å². The number of aryl methyl sites for hydroxylation is 1. The molecule has 1 aromatic rings. The van der Waals surface area contributed by atoms with E-state index < -0.39 is 9.84 Å². The zero-order valence-corrected chi connectivity index (χ0v) is 7.73. The molecule has 4 heteroatoms. The summed E-state index contributed by atoms with van der Waals surface area (Å²) in [5.74, 6) is 0. The molecule has 0 bridgehead atoms. The van der Waals surface area contributed by atoms with Gasteiger partial charge in [-0.2, -0.15) is 0 Å². The first kappa shape index (κ1) is 9.75. The van der Waals surface area contributed by atoms with Crippen molar-refractivity contribution >= 4 is 9.84 Å². The van der Waals surface area contributed by atoms with Gasteiger partial charge in [-0.05, 0) is 19.1 Å². The largest absolute Gasteiger partial charge is 0.247 e. The lowest BCUT2D eigenvalue weighted by atomic mass is 10.2. The van der Waals surface area contributed by atoms with E-state index >= 15 is 0 Å². The van der Waals surface area contributed by atoms with Crippen LogP contribution >= 0.6 is 0 Å². The SMILES string of the molecule is Cc1ccc(S(=O)(=O)C#CF)cc1. The monoisotopic (exact) mass is 198 g/mol. The molecule has 0 fully saturated rings. The number of hydrogen-bond acceptors (Lipinski definition) is 2. The van der Waals surface area contributed by atoms with Crippen molar-refractivity contribution in [2.45, 2.75) is 11.8 Å². The summed E-state index contributed by atoms with van der Waals surface area (Å²) in [6.45, 7) is 1.83. The lowest BCUT2D eigenvalue weighted by Crippen LogP contribution is -1.96. The highest BCUT2D eigenvalue weighted by Gasteiger charge is 2.09. The van der Waals surface area contributed by atoms with Crippen molar-refractivity contribution < 1.29 is 12.8 Å². The average Bonchev–Trinajstić information content (AvgIpc) is 2.05. The Kier molecular flexibility index (Phi) is 2.69. The van der Waals surface area contributed by atoms with Gasteiger partial charge in [0.15, 0.2) is 0 Å². The van der Waals surface area contributed by atoms with Crippen LogP contribution < -0.4 is 0 Å². The van der Waals surface area contributed by atoms with Gasteiger partial charge >= 0.3 is 0 Å². The second kappa shape index (κ2) is 3.58. The van der Waals surface area contributed by atoms with Gasteiger partial charge in [-0.1, -0.05) is 17.7 Å². The summed E-state index contributed by atoms with van der Waals surface area (Å²) >= 11 is 0. The molecule has 0 unspecified atom stereocenters. The highest BCUT2D eigenvalue weighted by atomic mass is 32.2. The van der Waals surface area contributed by atoms with Crippen molar-refractivity contribution in [2.75, 3.05) is 0 Å². The van der Waals surface area contributed by atoms with Crippen LogP contribution in [-0.2, 0) is 9.84 Å². The fraction of sp³-hybridized carbons (Fsp3) is 0.111. The zero-order valence-electron chi connectivity index (χ0n) is 6.91. The van der Waals surface area contributed by atoms with E-state index in [9.17, 15) is 12.8 Å². The van der Waals surface area contributed by atoms with Gasteiger partial charge in [0.1, 0.15) is 6.17 Å². The van der Waals surface area contributed by atoms with Gasteiger partial charge in [-0.3, -0.25) is 0 Å². The molecule has 0 radical (unpaired) electrons. The number of halogens is 1. The minimum Gasteiger partial charge on any atom is -0.210 e. The van der Waals surface area contributed by atoms with Gasteiger partial charge in [0, 0.05) is 0 Å². The number of hydrogen-bond donors (Lipinski definition) is 0. The Morgan fingerprint density at radius 1 is 1.23 bits per heavy atom. The maximum atomic E-state index is 11.5. The maximum absolute atomic E-state index is 11.5. The fourth-order valence-electron chi connectivity index (χ4n) is 0.827. The van der Waals surface area contributed by atoms with E-state index in [0.717, 1.165) is 11.7 Å². The second-order valence-corrected chi connectivity index (χ2v) is 4.20. The maximum Gasteiger partial charge on any atom is 0.247 e. The molecule has 13 heavy (non-hydrogen) atoms. The van der Waals surface area contributed by atoms with Crippen LogP contribution in [0.25, 0.3) is 0 Å². The summed E-state index contributed by atoms with van der Waals surface area (Å²) < 4.78 is 33.8. The molecule has 0 saturated carbocycles. The van der Waals surface area contributed by atoms with Gasteiger partial charge in [-0.25, -0.2) is 8.42 Å². The third-order valence-corrected chi connectivity index (χ3v) is 2.74. The van der Waals surface area contributed by atoms with Crippen molar-refractivity contribution in [3.63, 3.8) is 0 Å². The minimum absolute atomic E-state index is 0.0169. The first-order valence-corrected chi connectivity index (χ1v) is 4.99. The van der Waals surface area contributed by atoms with E-state index in [1.807, 2.05) is 6.92 Å². The smallest absolute Gasteiger partial charge is 0.210 e. The summed E-state index contributed by atoms with van der Waals surface area (Å²) in [5.41, 5.74) is 0.937. The van der Waals surface area contributed by atoms with Gasteiger partial charge in [-0.15, -0.1) is 4.39 Å². The molecule has 0 heterocycles. The topological polar surface area (TPSA) is 34.1 Å². The molecule has 1 rings (SSSR count). The average molecular weight is 198 g/mol. The summed E-state index contributed by atoms with van der Waals surface area (Å²) in [5, 5.41) is 1.51. The van der Waals surface area contributed by atoms with Crippen LogP contribution in [0.1, 0.15) is 5.56 Å². The molecule has 0 saturated heterocycles. The molecule has 0 aromatic heterocycles. The van der Waals surface area contributed by atoms with Crippen LogP contribution in [0.2, 0.25) is 0 Å². The lowest BCUT2D eigenvalue weighted by Gasteiger charge is -1.96. The number of benzene rings is 1. The molecule has 0 atom stereocenters. The van der Waals surface area contributed by atoms with Gasteiger partial charge in [0.05, 0.1) is 10.1 Å². The summed E-state index contributed by atoms with van der Waals surface area (Å²) in [6.07, 6.45) is 0.883. The van der Waals surface area contributed by atoms with Gasteiger partial charge in [0.25, 0.3) is 0 Å². The Hall–Kier alpha value is -1.34. The predicted molar refractivity (Wildman–Crippen MR) is 47.2 cm³/mol. The first-order valence-electron chi connectivity index (χ1n) is 3.50. The van der Waals surface area contributed by atoms with Crippen molar-refractivity contribution in [2.24, 2.45) is 0 Å². The van der Waals surface area contributed by atoms with Crippen molar-refractivity contribution in [3.05, 3.63) is 29.8 Å². The van der Waals surface area contributed by atoms with E-state index in [2.05, 4.69) is 0 Å². The van der Waals surface area contributed by atoms with Gasteiger partial charge < -0.3 is 0 Å². The van der Waals surface area contributed by atoms with Crippen molar-refractivity contribution in [3.8, 4) is 11.4 Å². The van der Waals surface area contributed by atoms with Crippen LogP contribution in [-0.4, -0.2) is 8.42 Å². The summed E-state index contributed by atoms with van der Waals surface area (Å²) in [6, 6.07) is 6.06. The molecule has 0 N–H and O–H groups in total. The molecule has 0 amide bonds. The van der Waals surface area contributed by atoms with Gasteiger partial charge in [0.2, 0.25) is 9.84 Å². The van der Waals surface area contributed by atoms with Crippen LogP contribution in [0.5, 0.6) is 0 Å². The normalized spacial score (nSPS) is 10.3. The Bertz CT molecular complexity index is 449. The van der Waals surface area contributed by atoms with Crippen LogP contribution in [0, 0.1) is 18.4 Å². The number of sulfone groups is 1. The molecule has 0 spiro atoms. The lowest BCUT2D eigenvalue weighted by molar-refractivity contribution is 0.606. The van der Waals surface area contributed by atoms with Crippen LogP contribution in [0.4, 0.5) is 4.39 Å². The fourth-order valence-corrected chi connectivity index (χ4v) is 1.54. The summed E-state index contributed by atoms with van der Waals surface area (Å²) in [7, 11) is -3.76. The first-order chi connectivity index (χ1) is 6.06. The Labute approximate surface area is 76.3 Å². The molecule has 1 aromatic carbocycles. The zero-order chi connectivity index (χ0) is 9.90. The Morgan fingerprint density at radius 2 is 1.77 bits per heavy atom. The quantitative estimate of drug-likeness (QED) is 0.643. The molecule has 68 valence electrons. The second-order valence-electron chi connectivity index (χ2n) is 2.51. The Morgan fingerprint density at radius 3 is 2.23 bits per heavy atom. The van der Waals surface area contributed by atoms with Crippen LogP contribution in [0.15, 0.2) is 29.2 Å². The number of rotatable bonds is 1. The van der Waals surface area contributed by atoms with E-state index in [1.54, 1.807) is 12.1 Å². The predicted octanol–water partition coefficient (Wildman–Crippen LogP) is 1.66. The molecule has 0 aliphatic rings. The molecule has 0 aliphatic carbocycles. The third kappa shape index (κ3) is 2.30.